The van der Waals surface area contributed by atoms with Crippen molar-refractivity contribution >= 4 is 11.5 Å². The fourth-order valence-corrected chi connectivity index (χ4v) is 2.89. The normalized spacial score (nSPS) is 14.0. The minimum Gasteiger partial charge on any atom is -0.487 e. The van der Waals surface area contributed by atoms with E-state index in [1.165, 1.54) is 0 Å². The molecule has 0 fully saturated rings. The zero-order valence-corrected chi connectivity index (χ0v) is 19.3. The molecule has 0 aliphatic carbocycles. The molecule has 0 bridgehead atoms. The average molecular weight is 421 g/mol. The lowest BCUT2D eigenvalue weighted by Crippen LogP contribution is -2.20. The van der Waals surface area contributed by atoms with Gasteiger partial charge in [-0.15, -0.1) is 0 Å². The first-order valence-corrected chi connectivity index (χ1v) is 9.99. The molecule has 166 valence electrons. The van der Waals surface area contributed by atoms with Gasteiger partial charge < -0.3 is 9.84 Å². The van der Waals surface area contributed by atoms with E-state index in [1.54, 1.807) is 19.1 Å². The van der Waals surface area contributed by atoms with E-state index in [9.17, 15) is 13.6 Å². The van der Waals surface area contributed by atoms with Crippen LogP contribution in [0, 0.1) is 0 Å². The molecule has 0 aliphatic heterocycles. The summed E-state index contributed by atoms with van der Waals surface area (Å²) in [6, 6.07) is 4.04. The van der Waals surface area contributed by atoms with Crippen LogP contribution in [0.5, 0.6) is 5.75 Å². The van der Waals surface area contributed by atoms with E-state index in [1.807, 2.05) is 45.9 Å². The van der Waals surface area contributed by atoms with Gasteiger partial charge >= 0.3 is 5.97 Å². The molecule has 30 heavy (non-hydrogen) atoms. The Hall–Kier alpha value is -2.43. The molecule has 5 heteroatoms. The van der Waals surface area contributed by atoms with E-state index in [0.717, 1.165) is 28.3 Å². The summed E-state index contributed by atoms with van der Waals surface area (Å²) in [5.74, 6) is -0.538. The van der Waals surface area contributed by atoms with Gasteiger partial charge in [-0.3, -0.25) is 0 Å². The highest BCUT2D eigenvalue weighted by Crippen LogP contribution is 2.41. The number of allylic oxidation sites excluding steroid dienone is 5. The minimum atomic E-state index is -2.57. The van der Waals surface area contributed by atoms with Crippen molar-refractivity contribution in [3.05, 3.63) is 58.7 Å². The van der Waals surface area contributed by atoms with Crippen molar-refractivity contribution in [2.75, 3.05) is 6.61 Å². The van der Waals surface area contributed by atoms with E-state index in [2.05, 4.69) is 20.8 Å². The van der Waals surface area contributed by atoms with E-state index in [4.69, 9.17) is 9.84 Å². The molecular formula is C25H34F2O3. The number of alkyl halides is 2. The van der Waals surface area contributed by atoms with Gasteiger partial charge in [0.25, 0.3) is 6.43 Å². The second-order valence-electron chi connectivity index (χ2n) is 9.54. The molecule has 1 aromatic rings. The van der Waals surface area contributed by atoms with Crippen LogP contribution in [0.4, 0.5) is 8.78 Å². The molecule has 1 rings (SSSR count). The number of carbonyl (C=O) groups is 1. The van der Waals surface area contributed by atoms with Crippen LogP contribution in [0.3, 0.4) is 0 Å². The number of ether oxygens (including phenoxy) is 1. The SMILES string of the molecule is CC(/C=C/C=C(\C)c1cc(C(C)(C)C)cc(C(C)(C)C)c1OCC(F)F)=C\C(=O)O. The molecule has 3 nitrogen and oxygen atoms in total. The number of rotatable bonds is 7. The Morgan fingerprint density at radius 1 is 1.10 bits per heavy atom. The quantitative estimate of drug-likeness (QED) is 0.385. The Labute approximate surface area is 179 Å². The van der Waals surface area contributed by atoms with E-state index in [0.29, 0.717) is 11.3 Å². The number of hydrogen-bond donors (Lipinski definition) is 1. The molecule has 0 saturated heterocycles. The first kappa shape index (κ1) is 25.6. The van der Waals surface area contributed by atoms with E-state index < -0.39 is 19.0 Å². The van der Waals surface area contributed by atoms with E-state index >= 15 is 0 Å². The number of benzene rings is 1. The number of hydrogen-bond acceptors (Lipinski definition) is 2. The molecule has 0 heterocycles. The van der Waals surface area contributed by atoms with Crippen LogP contribution < -0.4 is 4.74 Å². The minimum absolute atomic E-state index is 0.132. The van der Waals surface area contributed by atoms with Crippen LogP contribution in [0.25, 0.3) is 5.57 Å². The van der Waals surface area contributed by atoms with Gasteiger partial charge in [-0.05, 0) is 47.5 Å². The Morgan fingerprint density at radius 2 is 1.70 bits per heavy atom. The molecule has 0 spiro atoms. The molecule has 0 aliphatic rings. The summed E-state index contributed by atoms with van der Waals surface area (Å²) in [6.07, 6.45) is 3.83. The van der Waals surface area contributed by atoms with Crippen molar-refractivity contribution in [1.29, 1.82) is 0 Å². The van der Waals surface area contributed by atoms with Gasteiger partial charge in [0, 0.05) is 17.2 Å². The Bertz CT molecular complexity index is 848. The van der Waals surface area contributed by atoms with Gasteiger partial charge in [0.15, 0.2) is 0 Å². The third-order valence-corrected chi connectivity index (χ3v) is 4.60. The van der Waals surface area contributed by atoms with Gasteiger partial charge in [-0.25, -0.2) is 13.6 Å². The number of halogens is 2. The third kappa shape index (κ3) is 7.77. The highest BCUT2D eigenvalue weighted by molar-refractivity contribution is 5.81. The summed E-state index contributed by atoms with van der Waals surface area (Å²) in [6.45, 7) is 15.3. The van der Waals surface area contributed by atoms with Crippen molar-refractivity contribution in [3.63, 3.8) is 0 Å². The molecule has 0 aromatic heterocycles. The first-order valence-electron chi connectivity index (χ1n) is 9.99. The lowest BCUT2D eigenvalue weighted by atomic mass is 9.78. The second kappa shape index (κ2) is 10.1. The Kier molecular flexibility index (Phi) is 8.58. The molecular weight excluding hydrogens is 386 g/mol. The largest absolute Gasteiger partial charge is 0.487 e. The standard InChI is InChI=1S/C25H34F2O3/c1-16(12-22(28)29)10-9-11-17(2)19-13-18(24(3,4)5)14-20(25(6,7)8)23(19)30-15-21(26)27/h9-14,21H,15H2,1-8H3,(H,28,29)/b10-9+,16-12+,17-11+. The van der Waals surface area contributed by atoms with Crippen molar-refractivity contribution in [1.82, 2.24) is 0 Å². The summed E-state index contributed by atoms with van der Waals surface area (Å²) >= 11 is 0. The maximum Gasteiger partial charge on any atom is 0.328 e. The zero-order chi connectivity index (χ0) is 23.3. The predicted molar refractivity (Wildman–Crippen MR) is 120 cm³/mol. The van der Waals surface area contributed by atoms with Crippen molar-refractivity contribution in [2.45, 2.75) is 72.6 Å². The fraction of sp³-hybridized carbons (Fsp3) is 0.480. The molecule has 0 atom stereocenters. The monoisotopic (exact) mass is 420 g/mol. The van der Waals surface area contributed by atoms with Gasteiger partial charge in [-0.1, -0.05) is 65.8 Å². The molecule has 0 amide bonds. The van der Waals surface area contributed by atoms with Crippen molar-refractivity contribution in [3.8, 4) is 5.75 Å². The molecule has 0 saturated carbocycles. The first-order chi connectivity index (χ1) is 13.6. The van der Waals surface area contributed by atoms with Gasteiger partial charge in [0.2, 0.25) is 0 Å². The molecule has 1 aromatic carbocycles. The zero-order valence-electron chi connectivity index (χ0n) is 19.3. The van der Waals surface area contributed by atoms with Crippen molar-refractivity contribution in [2.24, 2.45) is 0 Å². The summed E-state index contributed by atoms with van der Waals surface area (Å²) in [5.41, 5.74) is 3.74. The highest BCUT2D eigenvalue weighted by atomic mass is 19.3. The lowest BCUT2D eigenvalue weighted by Gasteiger charge is -2.29. The van der Waals surface area contributed by atoms with Gasteiger partial charge in [0.05, 0.1) is 0 Å². The van der Waals surface area contributed by atoms with Gasteiger partial charge in [-0.2, -0.15) is 0 Å². The highest BCUT2D eigenvalue weighted by Gasteiger charge is 2.27. The number of carboxylic acid groups (broad SMARTS) is 1. The maximum atomic E-state index is 12.9. The van der Waals surface area contributed by atoms with Crippen LogP contribution in [0.15, 0.2) is 42.0 Å². The number of carboxylic acids is 1. The Balaban J connectivity index is 3.63. The molecule has 0 unspecified atom stereocenters. The van der Waals surface area contributed by atoms with Gasteiger partial charge in [0.1, 0.15) is 12.4 Å². The van der Waals surface area contributed by atoms with Crippen molar-refractivity contribution < 1.29 is 23.4 Å². The lowest BCUT2D eigenvalue weighted by molar-refractivity contribution is -0.131. The average Bonchev–Trinajstić information content (AvgIpc) is 2.56. The second-order valence-corrected chi connectivity index (χ2v) is 9.54. The van der Waals surface area contributed by atoms with Crippen LogP contribution in [-0.2, 0) is 15.6 Å². The smallest absolute Gasteiger partial charge is 0.328 e. The predicted octanol–water partition coefficient (Wildman–Crippen LogP) is 6.92. The maximum absolute atomic E-state index is 12.9. The van der Waals surface area contributed by atoms with Crippen LogP contribution in [0.1, 0.15) is 72.1 Å². The third-order valence-electron chi connectivity index (χ3n) is 4.60. The molecule has 1 N–H and O–H groups in total. The topological polar surface area (TPSA) is 46.5 Å². The summed E-state index contributed by atoms with van der Waals surface area (Å²) in [5, 5.41) is 8.82. The fourth-order valence-electron chi connectivity index (χ4n) is 2.89. The summed E-state index contributed by atoms with van der Waals surface area (Å²) < 4.78 is 31.5. The molecule has 0 radical (unpaired) electrons. The summed E-state index contributed by atoms with van der Waals surface area (Å²) in [7, 11) is 0. The Morgan fingerprint density at radius 3 is 2.17 bits per heavy atom. The number of aliphatic carboxylic acids is 1. The summed E-state index contributed by atoms with van der Waals surface area (Å²) in [4.78, 5) is 10.8. The van der Waals surface area contributed by atoms with Crippen LogP contribution >= 0.6 is 0 Å². The van der Waals surface area contributed by atoms with Crippen LogP contribution in [-0.4, -0.2) is 24.1 Å². The van der Waals surface area contributed by atoms with E-state index in [-0.39, 0.29) is 10.8 Å². The van der Waals surface area contributed by atoms with Crippen LogP contribution in [0.2, 0.25) is 0 Å².